The zero-order chi connectivity index (χ0) is 6.08. The van der Waals surface area contributed by atoms with Crippen LogP contribution in [0.5, 0.6) is 0 Å². The van der Waals surface area contributed by atoms with Crippen LogP contribution in [0.15, 0.2) is 0 Å². The molecule has 0 bridgehead atoms. The Morgan fingerprint density at radius 1 is 1.86 bits per heavy atom. The van der Waals surface area contributed by atoms with Gasteiger partial charge in [0.1, 0.15) is 4.45 Å². The number of carbonyl (C=O) groups is 1. The van der Waals surface area contributed by atoms with Gasteiger partial charge >= 0.3 is 0 Å². The minimum atomic E-state index is -0.910. The number of hydrogen-bond donors (Lipinski definition) is 1. The van der Waals surface area contributed by atoms with Gasteiger partial charge in [0.2, 0.25) is 4.69 Å². The Morgan fingerprint density at radius 3 is 2.00 bits per heavy atom. The van der Waals surface area contributed by atoms with E-state index < -0.39 is 4.45 Å². The fourth-order valence-electron chi connectivity index (χ4n) is 0. The second kappa shape index (κ2) is 2.24. The van der Waals surface area contributed by atoms with Crippen LogP contribution in [0.4, 0.5) is 0 Å². The van der Waals surface area contributed by atoms with Gasteiger partial charge in [0.15, 0.2) is 0 Å². The van der Waals surface area contributed by atoms with E-state index in [1.54, 1.807) is 6.92 Å². The minimum Gasteiger partial charge on any atom is -0.310 e. The minimum absolute atomic E-state index is 0.250. The van der Waals surface area contributed by atoms with E-state index in [2.05, 4.69) is 31.9 Å². The third kappa shape index (κ3) is 3.20. The first-order chi connectivity index (χ1) is 2.94. The first-order valence-electron chi connectivity index (χ1n) is 1.62. The average Bonchev–Trinajstić information content (AvgIpc) is 1.31. The molecular weight excluding hydrogens is 226 g/mol. The predicted octanol–water partition coefficient (Wildman–Crippen LogP) is 0.978. The van der Waals surface area contributed by atoms with Crippen LogP contribution in [0, 0.1) is 0 Å². The highest BCUT2D eigenvalue weighted by atomic mass is 79.9. The van der Waals surface area contributed by atoms with E-state index in [1.165, 1.54) is 0 Å². The van der Waals surface area contributed by atoms with Crippen molar-refractivity contribution in [3.8, 4) is 0 Å². The predicted molar refractivity (Wildman–Crippen MR) is 35.5 cm³/mol. The zero-order valence-corrected chi connectivity index (χ0v) is 6.91. The maximum Gasteiger partial charge on any atom is 0.228 e. The molecule has 0 aliphatic carbocycles. The largest absolute Gasteiger partial charge is 0.310 e. The van der Waals surface area contributed by atoms with E-state index >= 15 is 0 Å². The van der Waals surface area contributed by atoms with Crippen molar-refractivity contribution in [1.82, 2.24) is 0 Å². The Hall–Kier alpha value is 0.590. The fraction of sp³-hybridized carbons (Fsp3) is 0.667. The molecule has 2 N–H and O–H groups in total. The summed E-state index contributed by atoms with van der Waals surface area (Å²) in [5.74, 6) is 0. The summed E-state index contributed by atoms with van der Waals surface area (Å²) < 4.78 is -1.16. The van der Waals surface area contributed by atoms with Crippen molar-refractivity contribution >= 4 is 36.6 Å². The van der Waals surface area contributed by atoms with Gasteiger partial charge in [0, 0.05) is 0 Å². The molecule has 0 aliphatic rings. The number of rotatable bonds is 1. The van der Waals surface area contributed by atoms with Crippen LogP contribution >= 0.6 is 31.9 Å². The quantitative estimate of drug-likeness (QED) is 0.415. The fourth-order valence-corrected chi connectivity index (χ4v) is 0. The molecule has 0 radical (unpaired) electrons. The third-order valence-electron chi connectivity index (χ3n) is 0.384. The summed E-state index contributed by atoms with van der Waals surface area (Å²) in [6.45, 7) is 1.56. The maximum atomic E-state index is 10.2. The van der Waals surface area contributed by atoms with Crippen LogP contribution in [0.25, 0.3) is 0 Å². The third-order valence-corrected chi connectivity index (χ3v) is 2.10. The molecule has 42 valence electrons. The molecule has 0 amide bonds. The van der Waals surface area contributed by atoms with Crippen LogP contribution in [0.2, 0.25) is 0 Å². The van der Waals surface area contributed by atoms with Gasteiger partial charge in [-0.3, -0.25) is 4.79 Å². The zero-order valence-electron chi connectivity index (χ0n) is 3.74. The van der Waals surface area contributed by atoms with Gasteiger partial charge in [-0.25, -0.2) is 0 Å². The molecule has 0 heterocycles. The van der Waals surface area contributed by atoms with Crippen LogP contribution in [-0.4, -0.2) is 9.14 Å². The lowest BCUT2D eigenvalue weighted by Gasteiger charge is -2.07. The van der Waals surface area contributed by atoms with Crippen molar-refractivity contribution in [2.45, 2.75) is 11.4 Å². The molecular formula is C3H5Br2NO. The molecule has 1 atom stereocenters. The Balaban J connectivity index is 3.79. The summed E-state index contributed by atoms with van der Waals surface area (Å²) in [5, 5.41) is 0. The van der Waals surface area contributed by atoms with Crippen LogP contribution in [0.3, 0.4) is 0 Å². The van der Waals surface area contributed by atoms with Crippen molar-refractivity contribution < 1.29 is 4.79 Å². The van der Waals surface area contributed by atoms with Crippen molar-refractivity contribution in [2.75, 3.05) is 0 Å². The maximum absolute atomic E-state index is 10.2. The van der Waals surface area contributed by atoms with Gasteiger partial charge in [-0.2, -0.15) is 0 Å². The van der Waals surface area contributed by atoms with Crippen LogP contribution < -0.4 is 5.73 Å². The number of alkyl halides is 1. The molecule has 0 saturated carbocycles. The van der Waals surface area contributed by atoms with E-state index in [9.17, 15) is 4.79 Å². The Labute approximate surface area is 58.7 Å². The molecule has 0 saturated heterocycles. The van der Waals surface area contributed by atoms with E-state index in [4.69, 9.17) is 5.73 Å². The van der Waals surface area contributed by atoms with E-state index in [-0.39, 0.29) is 4.69 Å². The van der Waals surface area contributed by atoms with E-state index in [0.717, 1.165) is 0 Å². The van der Waals surface area contributed by atoms with E-state index in [1.807, 2.05) is 0 Å². The number of nitrogens with two attached hydrogens (primary N) is 1. The number of halogens is 2. The van der Waals surface area contributed by atoms with Gasteiger partial charge < -0.3 is 5.73 Å². The molecule has 0 aromatic heterocycles. The lowest BCUT2D eigenvalue weighted by molar-refractivity contribution is -0.111. The highest BCUT2D eigenvalue weighted by molar-refractivity contribution is 9.20. The summed E-state index contributed by atoms with van der Waals surface area (Å²) in [6.07, 6.45) is 0. The topological polar surface area (TPSA) is 43.1 Å². The molecule has 4 heteroatoms. The average molecular weight is 231 g/mol. The van der Waals surface area contributed by atoms with Crippen molar-refractivity contribution in [3.05, 3.63) is 0 Å². The molecule has 0 aromatic rings. The smallest absolute Gasteiger partial charge is 0.228 e. The normalized spacial score (nSPS) is 18.3. The second-order valence-electron chi connectivity index (χ2n) is 1.35. The van der Waals surface area contributed by atoms with Gasteiger partial charge in [-0.1, -0.05) is 15.9 Å². The molecule has 0 fully saturated rings. The lowest BCUT2D eigenvalue weighted by atomic mass is 10.4. The second-order valence-corrected chi connectivity index (χ2v) is 3.72. The molecule has 0 aromatic carbocycles. The Morgan fingerprint density at radius 2 is 2.00 bits per heavy atom. The molecule has 1 unspecified atom stereocenters. The molecule has 0 aliphatic heterocycles. The lowest BCUT2D eigenvalue weighted by Crippen LogP contribution is -2.34. The molecule has 2 nitrogen and oxygen atoms in total. The summed E-state index contributed by atoms with van der Waals surface area (Å²) in [6, 6.07) is 0. The standard InChI is InChI=1S/C3H5Br2NO/c1-3(5,6)2(4)7/h6H2,1H3. The molecule has 0 spiro atoms. The van der Waals surface area contributed by atoms with Crippen LogP contribution in [-0.2, 0) is 4.79 Å². The summed E-state index contributed by atoms with van der Waals surface area (Å²) in [7, 11) is 0. The first-order valence-corrected chi connectivity index (χ1v) is 3.21. The van der Waals surface area contributed by atoms with Crippen molar-refractivity contribution in [1.29, 1.82) is 0 Å². The number of carbonyl (C=O) groups excluding carboxylic acids is 1. The van der Waals surface area contributed by atoms with Gasteiger partial charge in [0.05, 0.1) is 0 Å². The first kappa shape index (κ1) is 7.59. The van der Waals surface area contributed by atoms with Crippen molar-refractivity contribution in [3.63, 3.8) is 0 Å². The van der Waals surface area contributed by atoms with Gasteiger partial charge in [-0.05, 0) is 22.9 Å². The van der Waals surface area contributed by atoms with E-state index in [0.29, 0.717) is 0 Å². The SMILES string of the molecule is CC(N)(Br)C(=O)Br. The number of hydrogen-bond acceptors (Lipinski definition) is 2. The monoisotopic (exact) mass is 229 g/mol. The summed E-state index contributed by atoms with van der Waals surface area (Å²) in [5.41, 5.74) is 5.20. The van der Waals surface area contributed by atoms with Crippen LogP contribution in [0.1, 0.15) is 6.92 Å². The molecule has 7 heavy (non-hydrogen) atoms. The van der Waals surface area contributed by atoms with Gasteiger partial charge in [-0.15, -0.1) is 0 Å². The molecule has 0 rings (SSSR count). The highest BCUT2D eigenvalue weighted by Crippen LogP contribution is 2.12. The summed E-state index contributed by atoms with van der Waals surface area (Å²) in [4.78, 5) is 10.2. The highest BCUT2D eigenvalue weighted by Gasteiger charge is 2.20. The van der Waals surface area contributed by atoms with Gasteiger partial charge in [0.25, 0.3) is 0 Å². The Kier molecular flexibility index (Phi) is 2.43. The van der Waals surface area contributed by atoms with Crippen molar-refractivity contribution in [2.24, 2.45) is 5.73 Å². The Bertz CT molecular complexity index is 85.4. The summed E-state index contributed by atoms with van der Waals surface area (Å²) >= 11 is 5.61.